The van der Waals surface area contributed by atoms with Gasteiger partial charge in [0.15, 0.2) is 5.03 Å². The minimum absolute atomic E-state index is 0. The van der Waals surface area contributed by atoms with Crippen LogP contribution in [0, 0.1) is 24.6 Å². The first-order chi connectivity index (χ1) is 18.1. The van der Waals surface area contributed by atoms with Crippen molar-refractivity contribution in [2.24, 2.45) is 11.8 Å². The van der Waals surface area contributed by atoms with Crippen molar-refractivity contribution in [1.82, 2.24) is 14.7 Å². The number of hydrogen-bond acceptors (Lipinski definition) is 7. The van der Waals surface area contributed by atoms with Gasteiger partial charge in [0.2, 0.25) is 5.88 Å². The van der Waals surface area contributed by atoms with E-state index in [9.17, 15) is 17.6 Å². The third-order valence-electron chi connectivity index (χ3n) is 6.15. The lowest BCUT2D eigenvalue weighted by Crippen LogP contribution is -2.32. The molecule has 0 spiro atoms. The fourth-order valence-corrected chi connectivity index (χ4v) is 5.19. The van der Waals surface area contributed by atoms with Crippen molar-refractivity contribution >= 4 is 15.9 Å². The molecule has 1 aromatic carbocycles. The number of carbonyl (C=O) groups excluding carboxylic acids is 1. The van der Waals surface area contributed by atoms with Crippen molar-refractivity contribution in [2.75, 3.05) is 13.2 Å². The predicted molar refractivity (Wildman–Crippen MR) is 145 cm³/mol. The summed E-state index contributed by atoms with van der Waals surface area (Å²) in [6, 6.07) is 11.8. The van der Waals surface area contributed by atoms with Crippen LogP contribution in [-0.4, -0.2) is 37.5 Å². The molecule has 0 saturated heterocycles. The van der Waals surface area contributed by atoms with Crippen LogP contribution in [0.15, 0.2) is 53.6 Å². The topological polar surface area (TPSA) is 107 Å². The molecule has 0 atom stereocenters. The molecule has 1 aliphatic carbocycles. The Labute approximate surface area is 225 Å². The molecule has 1 N–H and O–H groups in total. The van der Waals surface area contributed by atoms with Gasteiger partial charge in [-0.15, -0.1) is 0 Å². The summed E-state index contributed by atoms with van der Waals surface area (Å²) < 4.78 is 53.7. The van der Waals surface area contributed by atoms with Gasteiger partial charge in [0.05, 0.1) is 18.9 Å². The maximum atomic E-state index is 14.4. The van der Waals surface area contributed by atoms with Crippen LogP contribution >= 0.6 is 0 Å². The van der Waals surface area contributed by atoms with Gasteiger partial charge in [0.1, 0.15) is 17.1 Å². The molecule has 0 bridgehead atoms. The Kier molecular flexibility index (Phi) is 8.61. The van der Waals surface area contributed by atoms with E-state index in [2.05, 4.69) is 14.7 Å². The van der Waals surface area contributed by atoms with Gasteiger partial charge < -0.3 is 9.47 Å². The lowest BCUT2D eigenvalue weighted by Gasteiger charge is -2.16. The molecule has 2 heterocycles. The van der Waals surface area contributed by atoms with Gasteiger partial charge in [-0.3, -0.25) is 4.79 Å². The van der Waals surface area contributed by atoms with E-state index in [1.54, 1.807) is 25.1 Å². The summed E-state index contributed by atoms with van der Waals surface area (Å²) in [6.45, 7) is 6.41. The number of carbonyl (C=O) groups is 1. The number of rotatable bonds is 10. The van der Waals surface area contributed by atoms with E-state index in [0.29, 0.717) is 41.8 Å². The minimum Gasteiger partial charge on any atom is -0.493 e. The molecule has 0 aliphatic heterocycles. The smallest absolute Gasteiger partial charge is 0.281 e. The molecule has 3 aromatic rings. The molecular formula is C28H36FN3O5S. The highest BCUT2D eigenvalue weighted by Gasteiger charge is 2.25. The molecule has 38 heavy (non-hydrogen) atoms. The van der Waals surface area contributed by atoms with Crippen LogP contribution in [0.5, 0.6) is 11.6 Å². The second kappa shape index (κ2) is 11.9. The van der Waals surface area contributed by atoms with Crippen molar-refractivity contribution in [2.45, 2.75) is 51.5 Å². The highest BCUT2D eigenvalue weighted by molar-refractivity contribution is 7.90. The molecule has 10 heteroatoms. The Morgan fingerprint density at radius 1 is 1.11 bits per heavy atom. The van der Waals surface area contributed by atoms with E-state index >= 15 is 0 Å². The van der Waals surface area contributed by atoms with Crippen molar-refractivity contribution < 1.29 is 29.9 Å². The van der Waals surface area contributed by atoms with Crippen molar-refractivity contribution in [3.63, 3.8) is 0 Å². The molecule has 1 fully saturated rings. The quantitative estimate of drug-likeness (QED) is 0.343. The first kappa shape index (κ1) is 27.5. The molecule has 0 radical (unpaired) electrons. The third kappa shape index (κ3) is 7.06. The average Bonchev–Trinajstić information content (AvgIpc) is 3.39. The van der Waals surface area contributed by atoms with E-state index < -0.39 is 21.7 Å². The summed E-state index contributed by atoms with van der Waals surface area (Å²) in [6.07, 6.45) is 4.24. The van der Waals surface area contributed by atoms with E-state index in [-0.39, 0.29) is 25.2 Å². The number of hydrogen-bond donors (Lipinski definition) is 1. The van der Waals surface area contributed by atoms with Gasteiger partial charge in [-0.25, -0.2) is 19.1 Å². The number of ether oxygens (including phenoxy) is 2. The second-order valence-electron chi connectivity index (χ2n) is 9.94. The summed E-state index contributed by atoms with van der Waals surface area (Å²) in [5.74, 6) is -0.457. The Hall–Kier alpha value is -3.53. The zero-order valence-electron chi connectivity index (χ0n) is 21.7. The van der Waals surface area contributed by atoms with Crippen LogP contribution in [-0.2, 0) is 10.0 Å². The third-order valence-corrected chi connectivity index (χ3v) is 7.38. The summed E-state index contributed by atoms with van der Waals surface area (Å²) in [5, 5.41) is -0.266. The van der Waals surface area contributed by atoms with Crippen molar-refractivity contribution in [3.05, 3.63) is 65.6 Å². The van der Waals surface area contributed by atoms with E-state index in [0.717, 1.165) is 25.7 Å². The summed E-state index contributed by atoms with van der Waals surface area (Å²) in [5.41, 5.74) is 1.26. The number of sulfonamides is 1. The molecule has 206 valence electrons. The molecule has 1 saturated carbocycles. The van der Waals surface area contributed by atoms with Gasteiger partial charge in [0, 0.05) is 20.2 Å². The van der Waals surface area contributed by atoms with Crippen molar-refractivity contribution in [1.29, 1.82) is 0 Å². The number of pyridine rings is 2. The molecule has 1 amide bonds. The maximum absolute atomic E-state index is 14.4. The van der Waals surface area contributed by atoms with Crippen LogP contribution in [0.1, 0.15) is 58.4 Å². The SMILES string of the molecule is Cc1cccc(S(=O)(=O)NC(=O)c2ccc(-c3cc(F)cc(OCC(C)C)c3)nc2OCC2CCCC2)n1.[HH].[HH]. The Balaban J connectivity index is 0.00000280. The first-order valence-corrected chi connectivity index (χ1v) is 14.2. The van der Waals surface area contributed by atoms with E-state index in [1.165, 1.54) is 30.3 Å². The lowest BCUT2D eigenvalue weighted by molar-refractivity contribution is 0.0975. The molecule has 0 unspecified atom stereocenters. The zero-order valence-corrected chi connectivity index (χ0v) is 22.6. The van der Waals surface area contributed by atoms with Gasteiger partial charge >= 0.3 is 0 Å². The number of aryl methyl sites for hydroxylation is 1. The monoisotopic (exact) mass is 545 g/mol. The van der Waals surface area contributed by atoms with Crippen LogP contribution in [0.3, 0.4) is 0 Å². The summed E-state index contributed by atoms with van der Waals surface area (Å²) in [4.78, 5) is 21.6. The van der Waals surface area contributed by atoms with Crippen molar-refractivity contribution in [3.8, 4) is 22.9 Å². The maximum Gasteiger partial charge on any atom is 0.281 e. The standard InChI is InChI=1S/C28H32FN3O5S.2H2/c1-18(2)16-36-23-14-21(13-22(29)15-23)25-12-11-24(28(31-25)37-17-20-8-4-5-9-20)27(33)32-38(34,35)26-10-6-7-19(3)30-26;;/h6-7,10-15,18,20H,4-5,8-9,16-17H2,1-3H3,(H,32,33);2*1H. The van der Waals surface area contributed by atoms with Crippen LogP contribution in [0.25, 0.3) is 11.3 Å². The van der Waals surface area contributed by atoms with Crippen LogP contribution in [0.2, 0.25) is 0 Å². The number of aromatic nitrogens is 2. The van der Waals surface area contributed by atoms with Gasteiger partial charge in [0.25, 0.3) is 15.9 Å². The molecule has 4 rings (SSSR count). The Morgan fingerprint density at radius 2 is 1.87 bits per heavy atom. The Morgan fingerprint density at radius 3 is 2.58 bits per heavy atom. The minimum atomic E-state index is -4.22. The normalized spacial score (nSPS) is 14.0. The first-order valence-electron chi connectivity index (χ1n) is 12.7. The molecule has 8 nitrogen and oxygen atoms in total. The molecule has 1 aliphatic rings. The number of amides is 1. The van der Waals surface area contributed by atoms with Gasteiger partial charge in [-0.05, 0) is 68.0 Å². The van der Waals surface area contributed by atoms with Gasteiger partial charge in [-0.1, -0.05) is 32.8 Å². The Bertz CT molecular complexity index is 1420. The summed E-state index contributed by atoms with van der Waals surface area (Å²) in [7, 11) is -4.22. The summed E-state index contributed by atoms with van der Waals surface area (Å²) >= 11 is 0. The highest BCUT2D eigenvalue weighted by Crippen LogP contribution is 2.30. The van der Waals surface area contributed by atoms with Crippen LogP contribution < -0.4 is 14.2 Å². The zero-order chi connectivity index (χ0) is 27.3. The number of halogens is 1. The largest absolute Gasteiger partial charge is 0.493 e. The fraction of sp³-hybridized carbons (Fsp3) is 0.393. The van der Waals surface area contributed by atoms with E-state index in [1.807, 2.05) is 13.8 Å². The number of nitrogens with one attached hydrogen (secondary N) is 1. The average molecular weight is 546 g/mol. The predicted octanol–water partition coefficient (Wildman–Crippen LogP) is 5.81. The van der Waals surface area contributed by atoms with Crippen LogP contribution in [0.4, 0.5) is 4.39 Å². The fourth-order valence-electron chi connectivity index (χ4n) is 4.21. The lowest BCUT2D eigenvalue weighted by atomic mass is 10.1. The van der Waals surface area contributed by atoms with Gasteiger partial charge in [-0.2, -0.15) is 8.42 Å². The number of benzene rings is 1. The molecule has 2 aromatic heterocycles. The highest BCUT2D eigenvalue weighted by atomic mass is 32.2. The number of nitrogens with zero attached hydrogens (tertiary/aromatic N) is 2. The molecular weight excluding hydrogens is 509 g/mol. The second-order valence-corrected chi connectivity index (χ2v) is 11.6. The van der Waals surface area contributed by atoms with E-state index in [4.69, 9.17) is 9.47 Å².